The Balaban J connectivity index is 1.92. The van der Waals surface area contributed by atoms with Gasteiger partial charge in [0.2, 0.25) is 15.9 Å². The Morgan fingerprint density at radius 1 is 1.14 bits per heavy atom. The molecule has 0 spiro atoms. The first-order valence-corrected chi connectivity index (χ1v) is 10.5. The van der Waals surface area contributed by atoms with E-state index in [0.717, 1.165) is 12.1 Å². The molecule has 6 nitrogen and oxygen atoms in total. The zero-order valence-corrected chi connectivity index (χ0v) is 16.5. The van der Waals surface area contributed by atoms with Crippen molar-refractivity contribution in [2.75, 3.05) is 13.1 Å². The highest BCUT2D eigenvalue weighted by molar-refractivity contribution is 7.89. The normalized spacial score (nSPS) is 16.9. The lowest BCUT2D eigenvalue weighted by molar-refractivity contribution is 0.232. The van der Waals surface area contributed by atoms with Gasteiger partial charge < -0.3 is 10.1 Å². The maximum atomic E-state index is 13.8. The van der Waals surface area contributed by atoms with Crippen LogP contribution < -0.4 is 14.8 Å². The minimum atomic E-state index is -3.95. The molecule has 152 valence electrons. The smallest absolute Gasteiger partial charge is 0.242 e. The summed E-state index contributed by atoms with van der Waals surface area (Å²) in [6, 6.07) is 6.39. The van der Waals surface area contributed by atoms with Gasteiger partial charge in [0.25, 0.3) is 0 Å². The molecule has 3 rings (SSSR count). The average Bonchev–Trinajstić information content (AvgIpc) is 2.64. The van der Waals surface area contributed by atoms with Gasteiger partial charge in [0.05, 0.1) is 17.8 Å². The first kappa shape index (κ1) is 20.6. The molecule has 0 bridgehead atoms. The van der Waals surface area contributed by atoms with E-state index >= 15 is 0 Å². The predicted molar refractivity (Wildman–Crippen MR) is 100 cm³/mol. The number of nitrogens with one attached hydrogen (secondary N) is 2. The van der Waals surface area contributed by atoms with E-state index in [-0.39, 0.29) is 11.0 Å². The Bertz CT molecular complexity index is 928. The molecule has 28 heavy (non-hydrogen) atoms. The van der Waals surface area contributed by atoms with E-state index in [9.17, 15) is 17.2 Å². The van der Waals surface area contributed by atoms with Crippen molar-refractivity contribution in [1.29, 1.82) is 0 Å². The van der Waals surface area contributed by atoms with Gasteiger partial charge in [-0.1, -0.05) is 6.07 Å². The van der Waals surface area contributed by atoms with Crippen LogP contribution in [0.4, 0.5) is 8.78 Å². The molecule has 1 aromatic heterocycles. The van der Waals surface area contributed by atoms with E-state index in [1.807, 2.05) is 13.8 Å². The second-order valence-electron chi connectivity index (χ2n) is 7.07. The zero-order valence-electron chi connectivity index (χ0n) is 15.7. The SMILES string of the molecule is CC(C)Oc1ccc(S(=O)(=O)NC2(c3ccc(F)c(F)c3)CCNCC2)cn1. The van der Waals surface area contributed by atoms with Crippen LogP contribution in [0.3, 0.4) is 0 Å². The van der Waals surface area contributed by atoms with Crippen LogP contribution in [0, 0.1) is 11.6 Å². The quantitative estimate of drug-likeness (QED) is 0.764. The molecule has 2 N–H and O–H groups in total. The summed E-state index contributed by atoms with van der Waals surface area (Å²) in [7, 11) is -3.95. The monoisotopic (exact) mass is 411 g/mol. The molecule has 0 aliphatic carbocycles. The zero-order chi connectivity index (χ0) is 20.4. The molecule has 9 heteroatoms. The number of halogens is 2. The number of hydrogen-bond acceptors (Lipinski definition) is 5. The summed E-state index contributed by atoms with van der Waals surface area (Å²) < 4.78 is 61.3. The van der Waals surface area contributed by atoms with E-state index in [4.69, 9.17) is 4.74 Å². The molecule has 0 unspecified atom stereocenters. The lowest BCUT2D eigenvalue weighted by Gasteiger charge is -2.38. The highest BCUT2D eigenvalue weighted by Crippen LogP contribution is 2.33. The van der Waals surface area contributed by atoms with Gasteiger partial charge in [0.15, 0.2) is 11.6 Å². The maximum absolute atomic E-state index is 13.8. The average molecular weight is 411 g/mol. The number of nitrogens with zero attached hydrogens (tertiary/aromatic N) is 1. The lowest BCUT2D eigenvalue weighted by Crippen LogP contribution is -2.52. The van der Waals surface area contributed by atoms with Crippen LogP contribution in [-0.4, -0.2) is 32.6 Å². The van der Waals surface area contributed by atoms with Crippen LogP contribution in [0.15, 0.2) is 41.4 Å². The van der Waals surface area contributed by atoms with Gasteiger partial charge in [-0.25, -0.2) is 26.9 Å². The Morgan fingerprint density at radius 3 is 2.43 bits per heavy atom. The molecule has 2 aromatic rings. The Morgan fingerprint density at radius 2 is 1.86 bits per heavy atom. The van der Waals surface area contributed by atoms with E-state index in [1.54, 1.807) is 0 Å². The third-order valence-corrected chi connectivity index (χ3v) is 6.16. The van der Waals surface area contributed by atoms with Gasteiger partial charge in [-0.3, -0.25) is 0 Å². The largest absolute Gasteiger partial charge is 0.475 e. The molecule has 1 aliphatic heterocycles. The third-order valence-electron chi connectivity index (χ3n) is 4.63. The summed E-state index contributed by atoms with van der Waals surface area (Å²) >= 11 is 0. The third kappa shape index (κ3) is 4.48. The predicted octanol–water partition coefficient (Wildman–Crippen LogP) is 2.70. The van der Waals surface area contributed by atoms with Crippen molar-refractivity contribution in [2.45, 2.75) is 43.2 Å². The van der Waals surface area contributed by atoms with Crippen LogP contribution >= 0.6 is 0 Å². The van der Waals surface area contributed by atoms with Crippen LogP contribution in [0.5, 0.6) is 5.88 Å². The number of benzene rings is 1. The number of aromatic nitrogens is 1. The number of piperidine rings is 1. The second-order valence-corrected chi connectivity index (χ2v) is 8.75. The standard InChI is InChI=1S/C19H23F2N3O3S/c1-13(2)27-18-6-4-15(12-23-18)28(25,26)24-19(7-9-22-10-8-19)14-3-5-16(20)17(21)11-14/h3-6,11-13,22,24H,7-10H2,1-2H3. The molecule has 0 amide bonds. The summed E-state index contributed by atoms with van der Waals surface area (Å²) in [5.74, 6) is -1.65. The van der Waals surface area contributed by atoms with Gasteiger partial charge in [0.1, 0.15) is 4.90 Å². The van der Waals surface area contributed by atoms with Gasteiger partial charge in [-0.2, -0.15) is 0 Å². The number of ether oxygens (including phenoxy) is 1. The van der Waals surface area contributed by atoms with Gasteiger partial charge in [-0.15, -0.1) is 0 Å². The van der Waals surface area contributed by atoms with E-state index in [2.05, 4.69) is 15.0 Å². The van der Waals surface area contributed by atoms with Crippen LogP contribution in [-0.2, 0) is 15.6 Å². The first-order chi connectivity index (χ1) is 13.2. The van der Waals surface area contributed by atoms with Gasteiger partial charge in [-0.05, 0) is 63.5 Å². The van der Waals surface area contributed by atoms with Crippen LogP contribution in [0.25, 0.3) is 0 Å². The number of pyridine rings is 1. The lowest BCUT2D eigenvalue weighted by atomic mass is 9.82. The first-order valence-electron chi connectivity index (χ1n) is 9.05. The molecule has 2 heterocycles. The highest BCUT2D eigenvalue weighted by Gasteiger charge is 2.38. The molecule has 1 aliphatic rings. The Hall–Kier alpha value is -2.10. The minimum absolute atomic E-state index is 0.0240. The van der Waals surface area contributed by atoms with E-state index in [1.165, 1.54) is 24.4 Å². The Labute approximate surface area is 163 Å². The van der Waals surface area contributed by atoms with Gasteiger partial charge in [0, 0.05) is 6.07 Å². The highest BCUT2D eigenvalue weighted by atomic mass is 32.2. The van der Waals surface area contributed by atoms with Crippen LogP contribution in [0.1, 0.15) is 32.3 Å². The second kappa shape index (κ2) is 8.10. The maximum Gasteiger partial charge on any atom is 0.242 e. The van der Waals surface area contributed by atoms with Crippen molar-refractivity contribution >= 4 is 10.0 Å². The van der Waals surface area contributed by atoms with Crippen molar-refractivity contribution in [3.63, 3.8) is 0 Å². The number of rotatable bonds is 6. The summed E-state index contributed by atoms with van der Waals surface area (Å²) in [6.45, 7) is 4.77. The Kier molecular flexibility index (Phi) is 5.97. The number of hydrogen-bond donors (Lipinski definition) is 2. The fourth-order valence-electron chi connectivity index (χ4n) is 3.25. The van der Waals surface area contributed by atoms with Crippen molar-refractivity contribution in [1.82, 2.24) is 15.0 Å². The molecule has 0 radical (unpaired) electrons. The minimum Gasteiger partial charge on any atom is -0.475 e. The van der Waals surface area contributed by atoms with Crippen molar-refractivity contribution in [3.8, 4) is 5.88 Å². The molecular weight excluding hydrogens is 388 g/mol. The summed E-state index contributed by atoms with van der Waals surface area (Å²) in [4.78, 5) is 4.01. The van der Waals surface area contributed by atoms with Crippen molar-refractivity contribution < 1.29 is 21.9 Å². The molecule has 1 fully saturated rings. The molecular formula is C19H23F2N3O3S. The molecule has 0 saturated carbocycles. The number of sulfonamides is 1. The van der Waals surface area contributed by atoms with E-state index < -0.39 is 27.2 Å². The molecule has 1 aromatic carbocycles. The van der Waals surface area contributed by atoms with Gasteiger partial charge >= 0.3 is 0 Å². The fourth-order valence-corrected chi connectivity index (χ4v) is 4.64. The molecule has 1 saturated heterocycles. The topological polar surface area (TPSA) is 80.3 Å². The summed E-state index contributed by atoms with van der Waals surface area (Å²) in [6.07, 6.45) is 1.94. The fraction of sp³-hybridized carbons (Fsp3) is 0.421. The van der Waals surface area contributed by atoms with Crippen molar-refractivity contribution in [2.24, 2.45) is 0 Å². The van der Waals surface area contributed by atoms with Crippen LogP contribution in [0.2, 0.25) is 0 Å². The van der Waals surface area contributed by atoms with Crippen molar-refractivity contribution in [3.05, 3.63) is 53.7 Å². The summed E-state index contributed by atoms with van der Waals surface area (Å²) in [5, 5.41) is 3.15. The molecule has 0 atom stereocenters. The summed E-state index contributed by atoms with van der Waals surface area (Å²) in [5.41, 5.74) is -0.643. The van der Waals surface area contributed by atoms with E-state index in [0.29, 0.717) is 37.4 Å².